The van der Waals surface area contributed by atoms with Crippen LogP contribution in [0.3, 0.4) is 0 Å². The smallest absolute Gasteiger partial charge is 0.317 e. The van der Waals surface area contributed by atoms with Crippen LogP contribution in [0.1, 0.15) is 54.8 Å². The molecule has 1 aromatic carbocycles. The van der Waals surface area contributed by atoms with Gasteiger partial charge >= 0.3 is 6.03 Å². The maximum Gasteiger partial charge on any atom is 0.317 e. The molecule has 0 spiro atoms. The Labute approximate surface area is 149 Å². The molecule has 1 saturated carbocycles. The Bertz CT molecular complexity index is 715. The van der Waals surface area contributed by atoms with Gasteiger partial charge in [-0.3, -0.25) is 0 Å². The standard InChI is InChI=1S/C20H27N3O2/c1-5-17(18-14(2)22-25-15(18)3)21-19(24)23(4)13-20(11-12-20)16-9-7-6-8-10-16/h6-10,17H,5,11-13H2,1-4H3,(H,21,24)/t17-/m1/s1. The highest BCUT2D eigenvalue weighted by Crippen LogP contribution is 2.48. The Hall–Kier alpha value is -2.30. The van der Waals surface area contributed by atoms with Gasteiger partial charge in [-0.2, -0.15) is 0 Å². The molecule has 0 unspecified atom stereocenters. The number of hydrogen-bond acceptors (Lipinski definition) is 3. The van der Waals surface area contributed by atoms with Crippen LogP contribution in [0, 0.1) is 13.8 Å². The minimum Gasteiger partial charge on any atom is -0.361 e. The van der Waals surface area contributed by atoms with Crippen molar-refractivity contribution in [1.82, 2.24) is 15.4 Å². The van der Waals surface area contributed by atoms with Gasteiger partial charge < -0.3 is 14.7 Å². The van der Waals surface area contributed by atoms with E-state index in [2.05, 4.69) is 41.7 Å². The first-order valence-corrected chi connectivity index (χ1v) is 8.97. The quantitative estimate of drug-likeness (QED) is 0.860. The molecule has 1 N–H and O–H groups in total. The molecule has 1 fully saturated rings. The Morgan fingerprint density at radius 1 is 1.32 bits per heavy atom. The van der Waals surface area contributed by atoms with Gasteiger partial charge in [0.05, 0.1) is 11.7 Å². The van der Waals surface area contributed by atoms with Crippen LogP contribution in [0.5, 0.6) is 0 Å². The lowest BCUT2D eigenvalue weighted by atomic mass is 9.95. The number of likely N-dealkylation sites (N-methyl/N-ethyl adjacent to an activating group) is 1. The normalized spacial score (nSPS) is 16.3. The summed E-state index contributed by atoms with van der Waals surface area (Å²) in [7, 11) is 1.87. The zero-order valence-corrected chi connectivity index (χ0v) is 15.5. The first kappa shape index (κ1) is 17.5. The van der Waals surface area contributed by atoms with Crippen LogP contribution in [-0.2, 0) is 5.41 Å². The minimum absolute atomic E-state index is 0.0472. The van der Waals surface area contributed by atoms with Gasteiger partial charge in [-0.15, -0.1) is 0 Å². The van der Waals surface area contributed by atoms with E-state index in [0.29, 0.717) is 0 Å². The molecule has 1 atom stereocenters. The highest BCUT2D eigenvalue weighted by molar-refractivity contribution is 5.74. The van der Waals surface area contributed by atoms with Gasteiger partial charge in [0.2, 0.25) is 0 Å². The average Bonchev–Trinajstić information content (AvgIpc) is 3.33. The summed E-state index contributed by atoms with van der Waals surface area (Å²) in [5.74, 6) is 0.773. The van der Waals surface area contributed by atoms with Gasteiger partial charge in [0.15, 0.2) is 0 Å². The number of nitrogens with zero attached hydrogens (tertiary/aromatic N) is 2. The molecule has 0 radical (unpaired) electrons. The Balaban J connectivity index is 1.67. The van der Waals surface area contributed by atoms with E-state index in [-0.39, 0.29) is 17.5 Å². The van der Waals surface area contributed by atoms with E-state index in [1.165, 1.54) is 5.56 Å². The molecule has 1 aliphatic carbocycles. The van der Waals surface area contributed by atoms with Crippen LogP contribution in [-0.4, -0.2) is 29.7 Å². The molecule has 3 rings (SSSR count). The first-order valence-electron chi connectivity index (χ1n) is 8.97. The fraction of sp³-hybridized carbons (Fsp3) is 0.500. The van der Waals surface area contributed by atoms with Crippen molar-refractivity contribution in [2.45, 2.75) is 51.5 Å². The third kappa shape index (κ3) is 3.55. The van der Waals surface area contributed by atoms with Crippen molar-refractivity contribution in [3.05, 3.63) is 52.9 Å². The Kier molecular flexibility index (Phi) is 4.84. The van der Waals surface area contributed by atoms with Gasteiger partial charge in [-0.25, -0.2) is 4.79 Å². The summed E-state index contributed by atoms with van der Waals surface area (Å²) in [6, 6.07) is 10.4. The Morgan fingerprint density at radius 2 is 2.00 bits per heavy atom. The van der Waals surface area contributed by atoms with Gasteiger partial charge in [-0.1, -0.05) is 42.4 Å². The zero-order chi connectivity index (χ0) is 18.0. The average molecular weight is 341 g/mol. The van der Waals surface area contributed by atoms with Crippen molar-refractivity contribution in [2.75, 3.05) is 13.6 Å². The van der Waals surface area contributed by atoms with Gasteiger partial charge in [0.1, 0.15) is 5.76 Å². The lowest BCUT2D eigenvalue weighted by Crippen LogP contribution is -2.42. The number of nitrogens with one attached hydrogen (secondary N) is 1. The van der Waals surface area contributed by atoms with Gasteiger partial charge in [0, 0.05) is 24.6 Å². The van der Waals surface area contributed by atoms with Crippen molar-refractivity contribution >= 4 is 6.03 Å². The number of aromatic nitrogens is 1. The van der Waals surface area contributed by atoms with Crippen molar-refractivity contribution in [1.29, 1.82) is 0 Å². The molecule has 1 heterocycles. The van der Waals surface area contributed by atoms with E-state index < -0.39 is 0 Å². The van der Waals surface area contributed by atoms with E-state index in [1.807, 2.05) is 27.0 Å². The van der Waals surface area contributed by atoms with E-state index >= 15 is 0 Å². The summed E-state index contributed by atoms with van der Waals surface area (Å²) in [5, 5.41) is 7.15. The summed E-state index contributed by atoms with van der Waals surface area (Å²) >= 11 is 0. The van der Waals surface area contributed by atoms with Crippen molar-refractivity contribution in [2.24, 2.45) is 0 Å². The highest BCUT2D eigenvalue weighted by atomic mass is 16.5. The van der Waals surface area contributed by atoms with Crippen molar-refractivity contribution in [3.8, 4) is 0 Å². The van der Waals surface area contributed by atoms with Crippen molar-refractivity contribution in [3.63, 3.8) is 0 Å². The molecule has 2 aromatic rings. The highest BCUT2D eigenvalue weighted by Gasteiger charge is 2.45. The molecule has 2 amide bonds. The molecule has 134 valence electrons. The monoisotopic (exact) mass is 341 g/mol. The van der Waals surface area contributed by atoms with Gasteiger partial charge in [-0.05, 0) is 38.7 Å². The summed E-state index contributed by atoms with van der Waals surface area (Å²) in [6.45, 7) is 6.60. The largest absolute Gasteiger partial charge is 0.361 e. The third-order valence-corrected chi connectivity index (χ3v) is 5.27. The van der Waals surface area contributed by atoms with Crippen LogP contribution in [0.4, 0.5) is 4.79 Å². The summed E-state index contributed by atoms with van der Waals surface area (Å²) in [5.41, 5.74) is 3.29. The minimum atomic E-state index is -0.0759. The predicted octanol–water partition coefficient (Wildman–Crippen LogP) is 4.12. The molecule has 1 aliphatic rings. The topological polar surface area (TPSA) is 58.4 Å². The van der Waals surface area contributed by atoms with E-state index in [1.54, 1.807) is 4.90 Å². The van der Waals surface area contributed by atoms with E-state index in [4.69, 9.17) is 4.52 Å². The second kappa shape index (κ2) is 6.90. The number of carbonyl (C=O) groups excluding carboxylic acids is 1. The van der Waals surface area contributed by atoms with E-state index in [0.717, 1.165) is 42.8 Å². The molecule has 5 heteroatoms. The first-order chi connectivity index (χ1) is 12.0. The number of benzene rings is 1. The number of aryl methyl sites for hydroxylation is 2. The molecular weight excluding hydrogens is 314 g/mol. The fourth-order valence-electron chi connectivity index (χ4n) is 3.63. The number of hydrogen-bond donors (Lipinski definition) is 1. The molecular formula is C20H27N3O2. The van der Waals surface area contributed by atoms with Gasteiger partial charge in [0.25, 0.3) is 0 Å². The summed E-state index contributed by atoms with van der Waals surface area (Å²) in [6.07, 6.45) is 3.07. The van der Waals surface area contributed by atoms with Crippen LogP contribution in [0.2, 0.25) is 0 Å². The SMILES string of the molecule is CC[C@@H](NC(=O)N(C)CC1(c2ccccc2)CC1)c1c(C)noc1C. The van der Waals surface area contributed by atoms with Crippen LogP contribution < -0.4 is 5.32 Å². The second-order valence-corrected chi connectivity index (χ2v) is 7.15. The number of amides is 2. The molecule has 1 aromatic heterocycles. The van der Waals surface area contributed by atoms with Crippen LogP contribution in [0.25, 0.3) is 0 Å². The van der Waals surface area contributed by atoms with Crippen molar-refractivity contribution < 1.29 is 9.32 Å². The second-order valence-electron chi connectivity index (χ2n) is 7.15. The Morgan fingerprint density at radius 3 is 2.52 bits per heavy atom. The number of carbonyl (C=O) groups is 1. The third-order valence-electron chi connectivity index (χ3n) is 5.27. The lowest BCUT2D eigenvalue weighted by molar-refractivity contribution is 0.199. The maximum atomic E-state index is 12.7. The number of rotatable bonds is 6. The summed E-state index contributed by atoms with van der Waals surface area (Å²) < 4.78 is 5.25. The predicted molar refractivity (Wildman–Crippen MR) is 97.5 cm³/mol. The van der Waals surface area contributed by atoms with E-state index in [9.17, 15) is 4.79 Å². The molecule has 0 aliphatic heterocycles. The molecule has 5 nitrogen and oxygen atoms in total. The number of urea groups is 1. The zero-order valence-electron chi connectivity index (χ0n) is 15.5. The lowest BCUT2D eigenvalue weighted by Gasteiger charge is -2.27. The van der Waals surface area contributed by atoms with Crippen LogP contribution in [0.15, 0.2) is 34.9 Å². The molecule has 0 saturated heterocycles. The molecule has 25 heavy (non-hydrogen) atoms. The maximum absolute atomic E-state index is 12.7. The summed E-state index contributed by atoms with van der Waals surface area (Å²) in [4.78, 5) is 14.5. The fourth-order valence-corrected chi connectivity index (χ4v) is 3.63. The van der Waals surface area contributed by atoms with Crippen LogP contribution >= 0.6 is 0 Å². The molecule has 0 bridgehead atoms.